The second-order valence-electron chi connectivity index (χ2n) is 8.73. The molecule has 0 aliphatic rings. The minimum atomic E-state index is -0.615. The van der Waals surface area contributed by atoms with Gasteiger partial charge in [-0.15, -0.1) is 5.48 Å². The first-order valence-electron chi connectivity index (χ1n) is 10.6. The number of rotatable bonds is 9. The summed E-state index contributed by atoms with van der Waals surface area (Å²) in [7, 11) is 0. The SMILES string of the molecule is CC(C)(C)C(=O)ONCc1cc(CNCc2ccc(F)cc2)cc(Oc2ccc(F)cc2)c1. The van der Waals surface area contributed by atoms with Crippen LogP contribution in [0.3, 0.4) is 0 Å². The van der Waals surface area contributed by atoms with Crippen LogP contribution in [0.25, 0.3) is 0 Å². The van der Waals surface area contributed by atoms with Crippen LogP contribution in [0.5, 0.6) is 11.5 Å². The molecule has 7 heteroatoms. The molecule has 0 amide bonds. The molecule has 0 bridgehead atoms. The van der Waals surface area contributed by atoms with Crippen molar-refractivity contribution in [2.45, 2.75) is 40.4 Å². The van der Waals surface area contributed by atoms with Gasteiger partial charge in [0.25, 0.3) is 0 Å². The Morgan fingerprint density at radius 3 is 1.91 bits per heavy atom. The normalized spacial score (nSPS) is 11.3. The summed E-state index contributed by atoms with van der Waals surface area (Å²) in [5, 5.41) is 3.32. The lowest BCUT2D eigenvalue weighted by Crippen LogP contribution is -2.29. The van der Waals surface area contributed by atoms with Crippen molar-refractivity contribution >= 4 is 5.97 Å². The Morgan fingerprint density at radius 2 is 1.30 bits per heavy atom. The van der Waals surface area contributed by atoms with Crippen LogP contribution >= 0.6 is 0 Å². The summed E-state index contributed by atoms with van der Waals surface area (Å²) in [6.45, 7) is 6.72. The average Bonchev–Trinajstić information content (AvgIpc) is 2.76. The van der Waals surface area contributed by atoms with Gasteiger partial charge in [0.05, 0.1) is 12.0 Å². The van der Waals surface area contributed by atoms with Crippen LogP contribution in [0.4, 0.5) is 8.78 Å². The maximum atomic E-state index is 13.2. The third-order valence-electron chi connectivity index (χ3n) is 4.70. The highest BCUT2D eigenvalue weighted by Crippen LogP contribution is 2.25. The molecule has 33 heavy (non-hydrogen) atoms. The lowest BCUT2D eigenvalue weighted by Gasteiger charge is -2.17. The minimum Gasteiger partial charge on any atom is -0.457 e. The summed E-state index contributed by atoms with van der Waals surface area (Å²) < 4.78 is 32.2. The van der Waals surface area contributed by atoms with Crippen molar-refractivity contribution in [3.63, 3.8) is 0 Å². The van der Waals surface area contributed by atoms with Gasteiger partial charge in [-0.3, -0.25) is 0 Å². The van der Waals surface area contributed by atoms with Crippen molar-refractivity contribution in [2.24, 2.45) is 5.41 Å². The fraction of sp³-hybridized carbons (Fsp3) is 0.269. The zero-order chi connectivity index (χ0) is 23.8. The summed E-state index contributed by atoms with van der Waals surface area (Å²) in [6, 6.07) is 17.8. The summed E-state index contributed by atoms with van der Waals surface area (Å²) in [4.78, 5) is 17.1. The van der Waals surface area contributed by atoms with E-state index in [9.17, 15) is 13.6 Å². The van der Waals surface area contributed by atoms with Crippen LogP contribution in [0, 0.1) is 17.0 Å². The van der Waals surface area contributed by atoms with Gasteiger partial charge < -0.3 is 14.9 Å². The smallest absolute Gasteiger partial charge is 0.329 e. The highest BCUT2D eigenvalue weighted by molar-refractivity contribution is 5.75. The number of carbonyl (C=O) groups is 1. The predicted octanol–water partition coefficient (Wildman–Crippen LogP) is 5.64. The number of ether oxygens (including phenoxy) is 1. The van der Waals surface area contributed by atoms with Gasteiger partial charge in [0.1, 0.15) is 23.1 Å². The van der Waals surface area contributed by atoms with Gasteiger partial charge in [-0.2, -0.15) is 0 Å². The van der Waals surface area contributed by atoms with Crippen LogP contribution in [0.15, 0.2) is 66.7 Å². The maximum Gasteiger partial charge on any atom is 0.329 e. The first-order valence-corrected chi connectivity index (χ1v) is 10.6. The molecule has 3 aromatic carbocycles. The van der Waals surface area contributed by atoms with Crippen molar-refractivity contribution in [2.75, 3.05) is 0 Å². The number of hydrogen-bond acceptors (Lipinski definition) is 5. The van der Waals surface area contributed by atoms with Gasteiger partial charge in [0, 0.05) is 13.1 Å². The van der Waals surface area contributed by atoms with Crippen LogP contribution in [-0.4, -0.2) is 5.97 Å². The van der Waals surface area contributed by atoms with E-state index in [1.54, 1.807) is 45.0 Å². The van der Waals surface area contributed by atoms with E-state index in [4.69, 9.17) is 9.57 Å². The highest BCUT2D eigenvalue weighted by Gasteiger charge is 2.23. The van der Waals surface area contributed by atoms with Crippen molar-refractivity contribution < 1.29 is 23.1 Å². The Kier molecular flexibility index (Phi) is 8.14. The zero-order valence-corrected chi connectivity index (χ0v) is 19.0. The first kappa shape index (κ1) is 24.4. The molecule has 2 N–H and O–H groups in total. The Balaban J connectivity index is 1.69. The lowest BCUT2D eigenvalue weighted by atomic mass is 9.98. The van der Waals surface area contributed by atoms with E-state index in [0.717, 1.165) is 16.7 Å². The third kappa shape index (κ3) is 7.97. The molecule has 0 aliphatic carbocycles. The molecule has 0 saturated heterocycles. The molecule has 0 spiro atoms. The number of halogens is 2. The lowest BCUT2D eigenvalue weighted by molar-refractivity contribution is -0.161. The van der Waals surface area contributed by atoms with Gasteiger partial charge in [-0.25, -0.2) is 13.6 Å². The highest BCUT2D eigenvalue weighted by atomic mass is 19.1. The summed E-state index contributed by atoms with van der Waals surface area (Å²) >= 11 is 0. The largest absolute Gasteiger partial charge is 0.457 e. The number of hydrogen-bond donors (Lipinski definition) is 2. The number of benzene rings is 3. The van der Waals surface area contributed by atoms with Crippen molar-refractivity contribution in [3.8, 4) is 11.5 Å². The van der Waals surface area contributed by atoms with E-state index in [0.29, 0.717) is 24.6 Å². The van der Waals surface area contributed by atoms with Crippen molar-refractivity contribution in [3.05, 3.63) is 95.1 Å². The monoisotopic (exact) mass is 454 g/mol. The van der Waals surface area contributed by atoms with E-state index < -0.39 is 5.41 Å². The van der Waals surface area contributed by atoms with Crippen LogP contribution in [0.1, 0.15) is 37.5 Å². The molecule has 0 radical (unpaired) electrons. The summed E-state index contributed by atoms with van der Waals surface area (Å²) in [5.74, 6) is 0.107. The molecule has 0 saturated carbocycles. The zero-order valence-electron chi connectivity index (χ0n) is 19.0. The molecular weight excluding hydrogens is 426 g/mol. The Labute approximate surface area is 192 Å². The third-order valence-corrected chi connectivity index (χ3v) is 4.70. The molecule has 0 atom stereocenters. The fourth-order valence-corrected chi connectivity index (χ4v) is 2.92. The van der Waals surface area contributed by atoms with Crippen LogP contribution in [-0.2, 0) is 29.3 Å². The summed E-state index contributed by atoms with van der Waals surface area (Å²) in [6.07, 6.45) is 0. The molecule has 0 heterocycles. The van der Waals surface area contributed by atoms with E-state index in [1.807, 2.05) is 18.2 Å². The fourth-order valence-electron chi connectivity index (χ4n) is 2.92. The van der Waals surface area contributed by atoms with Gasteiger partial charge in [-0.05, 0) is 86.0 Å². The Bertz CT molecular complexity index is 1060. The van der Waals surface area contributed by atoms with Gasteiger partial charge in [-0.1, -0.05) is 18.2 Å². The van der Waals surface area contributed by atoms with Gasteiger partial charge in [0.2, 0.25) is 0 Å². The standard InChI is InChI=1S/C26H28F2N2O3/c1-26(2,3)25(31)33-30-17-20-12-19(16-29-15-18-4-6-21(27)7-5-18)13-24(14-20)32-23-10-8-22(28)9-11-23/h4-14,29-30H,15-17H2,1-3H3. The average molecular weight is 455 g/mol. The maximum absolute atomic E-state index is 13.2. The van der Waals surface area contributed by atoms with E-state index in [1.165, 1.54) is 24.3 Å². The number of nitrogens with one attached hydrogen (secondary N) is 2. The Hall–Kier alpha value is -3.29. The van der Waals surface area contributed by atoms with Gasteiger partial charge in [0.15, 0.2) is 0 Å². The predicted molar refractivity (Wildman–Crippen MR) is 122 cm³/mol. The molecular formula is C26H28F2N2O3. The number of hydroxylamine groups is 1. The topological polar surface area (TPSA) is 59.6 Å². The molecule has 174 valence electrons. The Morgan fingerprint density at radius 1 is 0.758 bits per heavy atom. The molecule has 0 aromatic heterocycles. The summed E-state index contributed by atoms with van der Waals surface area (Å²) in [5.41, 5.74) is 4.84. The van der Waals surface area contributed by atoms with E-state index in [-0.39, 0.29) is 24.1 Å². The van der Waals surface area contributed by atoms with E-state index in [2.05, 4.69) is 10.8 Å². The van der Waals surface area contributed by atoms with Crippen molar-refractivity contribution in [1.82, 2.24) is 10.8 Å². The van der Waals surface area contributed by atoms with Crippen molar-refractivity contribution in [1.29, 1.82) is 0 Å². The molecule has 0 unspecified atom stereocenters. The second kappa shape index (κ2) is 11.0. The second-order valence-corrected chi connectivity index (χ2v) is 8.73. The quantitative estimate of drug-likeness (QED) is 0.410. The number of carbonyl (C=O) groups excluding carboxylic acids is 1. The van der Waals surface area contributed by atoms with E-state index >= 15 is 0 Å². The molecule has 0 fully saturated rings. The molecule has 3 rings (SSSR count). The van der Waals surface area contributed by atoms with Gasteiger partial charge >= 0.3 is 5.97 Å². The molecule has 0 aliphatic heterocycles. The van der Waals surface area contributed by atoms with Crippen LogP contribution < -0.4 is 15.5 Å². The molecule has 5 nitrogen and oxygen atoms in total. The minimum absolute atomic E-state index is 0.270. The first-order chi connectivity index (χ1) is 15.7. The molecule has 3 aromatic rings. The van der Waals surface area contributed by atoms with Crippen LogP contribution in [0.2, 0.25) is 0 Å².